The van der Waals surface area contributed by atoms with E-state index in [1.165, 1.54) is 0 Å². The van der Waals surface area contributed by atoms with Gasteiger partial charge < -0.3 is 9.42 Å². The molecule has 0 radical (unpaired) electrons. The molecule has 4 nitrogen and oxygen atoms in total. The van der Waals surface area contributed by atoms with Crippen LogP contribution in [0.15, 0.2) is 47.0 Å². The van der Waals surface area contributed by atoms with Gasteiger partial charge in [-0.05, 0) is 37.8 Å². The number of rotatable bonds is 3. The molecule has 2 aromatic rings. The van der Waals surface area contributed by atoms with E-state index in [0.29, 0.717) is 0 Å². The van der Waals surface area contributed by atoms with Crippen LogP contribution in [-0.2, 0) is 4.79 Å². The minimum atomic E-state index is 0.0322. The van der Waals surface area contributed by atoms with Crippen molar-refractivity contribution < 1.29 is 9.32 Å². The zero-order chi connectivity index (χ0) is 15.5. The first-order chi connectivity index (χ1) is 10.6. The van der Waals surface area contributed by atoms with Crippen LogP contribution in [0.5, 0.6) is 0 Å². The highest BCUT2D eigenvalue weighted by atomic mass is 16.5. The Kier molecular flexibility index (Phi) is 4.09. The van der Waals surface area contributed by atoms with E-state index in [0.717, 1.165) is 42.0 Å². The van der Waals surface area contributed by atoms with Crippen molar-refractivity contribution in [1.82, 2.24) is 10.1 Å². The van der Waals surface area contributed by atoms with Crippen LogP contribution in [0, 0.1) is 6.92 Å². The highest BCUT2D eigenvalue weighted by molar-refractivity contribution is 5.95. The predicted octanol–water partition coefficient (Wildman–Crippen LogP) is 3.75. The van der Waals surface area contributed by atoms with Crippen molar-refractivity contribution >= 4 is 11.5 Å². The molecule has 1 aromatic carbocycles. The minimum Gasteiger partial charge on any atom is -0.361 e. The number of benzene rings is 1. The summed E-state index contributed by atoms with van der Waals surface area (Å²) < 4.78 is 5.15. The summed E-state index contributed by atoms with van der Waals surface area (Å²) in [5.41, 5.74) is 2.91. The second-order valence-electron chi connectivity index (χ2n) is 5.75. The number of hydrogen-bond donors (Lipinski definition) is 0. The zero-order valence-corrected chi connectivity index (χ0v) is 13.0. The molecule has 1 fully saturated rings. The van der Waals surface area contributed by atoms with Crippen LogP contribution in [0.1, 0.15) is 42.8 Å². The van der Waals surface area contributed by atoms with Crippen LogP contribution in [0.4, 0.5) is 0 Å². The summed E-state index contributed by atoms with van der Waals surface area (Å²) in [4.78, 5) is 14.5. The van der Waals surface area contributed by atoms with Crippen LogP contribution < -0.4 is 0 Å². The molecular formula is C18H20N2O2. The van der Waals surface area contributed by atoms with Gasteiger partial charge in [-0.15, -0.1) is 0 Å². The highest BCUT2D eigenvalue weighted by Gasteiger charge is 2.31. The van der Waals surface area contributed by atoms with E-state index >= 15 is 0 Å². The van der Waals surface area contributed by atoms with Crippen LogP contribution in [0.25, 0.3) is 5.57 Å². The molecule has 0 N–H and O–H groups in total. The van der Waals surface area contributed by atoms with E-state index in [1.807, 2.05) is 55.1 Å². The molecule has 1 aliphatic heterocycles. The van der Waals surface area contributed by atoms with Crippen molar-refractivity contribution in [3.8, 4) is 0 Å². The third kappa shape index (κ3) is 2.96. The predicted molar refractivity (Wildman–Crippen MR) is 85.0 cm³/mol. The van der Waals surface area contributed by atoms with Gasteiger partial charge in [0.2, 0.25) is 5.91 Å². The van der Waals surface area contributed by atoms with Crippen molar-refractivity contribution in [2.24, 2.45) is 0 Å². The molecule has 3 rings (SSSR count). The van der Waals surface area contributed by atoms with Crippen LogP contribution in [-0.4, -0.2) is 22.5 Å². The molecule has 1 saturated heterocycles. The number of carbonyl (C=O) groups is 1. The first-order valence-electron chi connectivity index (χ1n) is 7.62. The first kappa shape index (κ1) is 14.6. The van der Waals surface area contributed by atoms with Crippen LogP contribution in [0.2, 0.25) is 0 Å². The Balaban J connectivity index is 1.79. The lowest BCUT2D eigenvalue weighted by molar-refractivity contribution is -0.126. The van der Waals surface area contributed by atoms with Gasteiger partial charge >= 0.3 is 0 Å². The van der Waals surface area contributed by atoms with Gasteiger partial charge in [0.15, 0.2) is 0 Å². The Labute approximate surface area is 130 Å². The summed E-state index contributed by atoms with van der Waals surface area (Å²) in [6.07, 6.45) is 3.66. The maximum absolute atomic E-state index is 12.6. The number of hydrogen-bond acceptors (Lipinski definition) is 3. The molecule has 1 atom stereocenters. The van der Waals surface area contributed by atoms with Crippen molar-refractivity contribution in [3.63, 3.8) is 0 Å². The molecule has 0 saturated carbocycles. The average molecular weight is 296 g/mol. The first-order valence-corrected chi connectivity index (χ1v) is 7.62. The molecule has 0 aliphatic carbocycles. The number of likely N-dealkylation sites (tertiary alicyclic amines) is 1. The van der Waals surface area contributed by atoms with Crippen molar-refractivity contribution in [1.29, 1.82) is 0 Å². The third-order valence-electron chi connectivity index (χ3n) is 4.09. The summed E-state index contributed by atoms with van der Waals surface area (Å²) in [6.45, 7) is 4.61. The molecule has 0 spiro atoms. The molecule has 22 heavy (non-hydrogen) atoms. The van der Waals surface area contributed by atoms with E-state index in [1.54, 1.807) is 6.08 Å². The topological polar surface area (TPSA) is 46.3 Å². The number of aryl methyl sites for hydroxylation is 1. The monoisotopic (exact) mass is 296 g/mol. The summed E-state index contributed by atoms with van der Waals surface area (Å²) in [7, 11) is 0. The quantitative estimate of drug-likeness (QED) is 0.810. The lowest BCUT2D eigenvalue weighted by Crippen LogP contribution is -2.29. The SMILES string of the molecule is C/C(=C\C(=O)N1CCC[C@@H]1c1cc(C)on1)c1ccccc1. The summed E-state index contributed by atoms with van der Waals surface area (Å²) >= 11 is 0. The van der Waals surface area contributed by atoms with Gasteiger partial charge in [-0.1, -0.05) is 35.5 Å². The molecule has 2 heterocycles. The van der Waals surface area contributed by atoms with E-state index in [2.05, 4.69) is 5.16 Å². The van der Waals surface area contributed by atoms with Crippen molar-refractivity contribution in [2.75, 3.05) is 6.54 Å². The molecule has 4 heteroatoms. The lowest BCUT2D eigenvalue weighted by Gasteiger charge is -2.21. The van der Waals surface area contributed by atoms with Gasteiger partial charge in [-0.25, -0.2) is 0 Å². The number of aromatic nitrogens is 1. The second kappa shape index (κ2) is 6.18. The maximum atomic E-state index is 12.6. The highest BCUT2D eigenvalue weighted by Crippen LogP contribution is 2.32. The van der Waals surface area contributed by atoms with E-state index in [9.17, 15) is 4.79 Å². The van der Waals surface area contributed by atoms with Gasteiger partial charge in [0.25, 0.3) is 0 Å². The van der Waals surface area contributed by atoms with Gasteiger partial charge in [-0.2, -0.15) is 0 Å². The molecule has 0 unspecified atom stereocenters. The smallest absolute Gasteiger partial charge is 0.247 e. The zero-order valence-electron chi connectivity index (χ0n) is 13.0. The Morgan fingerprint density at radius 3 is 2.82 bits per heavy atom. The van der Waals surface area contributed by atoms with Gasteiger partial charge in [0.05, 0.1) is 6.04 Å². The summed E-state index contributed by atoms with van der Waals surface area (Å²) in [5, 5.41) is 4.08. The van der Waals surface area contributed by atoms with Crippen molar-refractivity contribution in [3.05, 3.63) is 59.5 Å². The second-order valence-corrected chi connectivity index (χ2v) is 5.75. The normalized spacial score (nSPS) is 18.7. The number of allylic oxidation sites excluding steroid dienone is 1. The van der Waals surface area contributed by atoms with Crippen molar-refractivity contribution in [2.45, 2.75) is 32.7 Å². The number of nitrogens with zero attached hydrogens (tertiary/aromatic N) is 2. The number of amides is 1. The molecule has 1 aromatic heterocycles. The standard InChI is InChI=1S/C18H20N2O2/c1-13(15-7-4-3-5-8-15)11-18(21)20-10-6-9-17(20)16-12-14(2)22-19-16/h3-5,7-8,11-12,17H,6,9-10H2,1-2H3/b13-11+/t17-/m1/s1. The Morgan fingerprint density at radius 2 is 2.14 bits per heavy atom. The van der Waals surface area contributed by atoms with E-state index in [-0.39, 0.29) is 11.9 Å². The summed E-state index contributed by atoms with van der Waals surface area (Å²) in [6, 6.07) is 11.9. The lowest BCUT2D eigenvalue weighted by atomic mass is 10.1. The fourth-order valence-corrected chi connectivity index (χ4v) is 2.93. The Morgan fingerprint density at radius 1 is 1.36 bits per heavy atom. The molecule has 1 amide bonds. The Bertz CT molecular complexity index is 688. The maximum Gasteiger partial charge on any atom is 0.247 e. The summed E-state index contributed by atoms with van der Waals surface area (Å²) in [5.74, 6) is 0.829. The van der Waals surface area contributed by atoms with Crippen LogP contribution >= 0.6 is 0 Å². The molecule has 114 valence electrons. The Hall–Kier alpha value is -2.36. The molecule has 0 bridgehead atoms. The van der Waals surface area contributed by atoms with E-state index in [4.69, 9.17) is 4.52 Å². The van der Waals surface area contributed by atoms with Gasteiger partial charge in [0.1, 0.15) is 11.5 Å². The van der Waals surface area contributed by atoms with Gasteiger partial charge in [-0.3, -0.25) is 4.79 Å². The fourth-order valence-electron chi connectivity index (χ4n) is 2.93. The largest absolute Gasteiger partial charge is 0.361 e. The van der Waals surface area contributed by atoms with E-state index < -0.39 is 0 Å². The molecular weight excluding hydrogens is 276 g/mol. The average Bonchev–Trinajstić information content (AvgIpc) is 3.16. The number of carbonyl (C=O) groups excluding carboxylic acids is 1. The fraction of sp³-hybridized carbons (Fsp3) is 0.333. The minimum absolute atomic E-state index is 0.0322. The third-order valence-corrected chi connectivity index (χ3v) is 4.09. The van der Waals surface area contributed by atoms with Crippen LogP contribution in [0.3, 0.4) is 0 Å². The van der Waals surface area contributed by atoms with Gasteiger partial charge in [0, 0.05) is 18.7 Å². The molecule has 1 aliphatic rings.